The van der Waals surface area contributed by atoms with Crippen molar-refractivity contribution in [1.29, 1.82) is 0 Å². The summed E-state index contributed by atoms with van der Waals surface area (Å²) in [5.74, 6) is 0.469. The molecule has 0 bridgehead atoms. The first-order valence-electron chi connectivity index (χ1n) is 8.89. The second-order valence-electron chi connectivity index (χ2n) is 6.89. The molecule has 1 aromatic rings. The van der Waals surface area contributed by atoms with Crippen LogP contribution >= 0.6 is 0 Å². The van der Waals surface area contributed by atoms with E-state index in [2.05, 4.69) is 16.0 Å². The van der Waals surface area contributed by atoms with Crippen molar-refractivity contribution in [3.05, 3.63) is 23.8 Å². The van der Waals surface area contributed by atoms with Gasteiger partial charge in [0.05, 0.1) is 14.2 Å². The highest BCUT2D eigenvalue weighted by molar-refractivity contribution is 5.95. The van der Waals surface area contributed by atoms with Crippen LogP contribution in [-0.4, -0.2) is 57.4 Å². The number of carbonyl (C=O) groups excluding carboxylic acids is 3. The van der Waals surface area contributed by atoms with Gasteiger partial charge in [-0.2, -0.15) is 0 Å². The van der Waals surface area contributed by atoms with E-state index in [1.807, 2.05) is 0 Å². The number of rotatable bonds is 9. The SMILES string of the molecule is COc1cc(OC)cc(C(=O)NCCNC(=O)CCNC(=O)OC(C)(C)C)c1. The monoisotopic (exact) mass is 395 g/mol. The minimum atomic E-state index is -0.586. The van der Waals surface area contributed by atoms with Crippen LogP contribution in [0.4, 0.5) is 4.79 Å². The highest BCUT2D eigenvalue weighted by Crippen LogP contribution is 2.22. The lowest BCUT2D eigenvalue weighted by atomic mass is 10.2. The standard InChI is InChI=1S/C19H29N3O6/c1-19(2,3)28-18(25)22-7-6-16(23)20-8-9-21-17(24)13-10-14(26-4)12-15(11-13)27-5/h10-12H,6-9H2,1-5H3,(H,20,23)(H,21,24)(H,22,25). The number of benzene rings is 1. The van der Waals surface area contributed by atoms with Crippen molar-refractivity contribution < 1.29 is 28.6 Å². The Bertz CT molecular complexity index is 662. The van der Waals surface area contributed by atoms with Crippen molar-refractivity contribution in [2.24, 2.45) is 0 Å². The molecule has 3 N–H and O–H groups in total. The fourth-order valence-corrected chi connectivity index (χ4v) is 2.10. The highest BCUT2D eigenvalue weighted by atomic mass is 16.6. The van der Waals surface area contributed by atoms with Crippen molar-refractivity contribution in [2.45, 2.75) is 32.8 Å². The molecule has 9 heteroatoms. The second kappa shape index (κ2) is 11.0. The Labute approximate surface area is 165 Å². The number of hydrogen-bond acceptors (Lipinski definition) is 6. The van der Waals surface area contributed by atoms with Crippen LogP contribution in [0.15, 0.2) is 18.2 Å². The van der Waals surface area contributed by atoms with E-state index in [0.717, 1.165) is 0 Å². The van der Waals surface area contributed by atoms with Gasteiger partial charge in [-0.1, -0.05) is 0 Å². The fraction of sp³-hybridized carbons (Fsp3) is 0.526. The molecule has 0 saturated carbocycles. The van der Waals surface area contributed by atoms with Crippen LogP contribution < -0.4 is 25.4 Å². The quantitative estimate of drug-likeness (QED) is 0.546. The molecule has 0 aliphatic heterocycles. The minimum Gasteiger partial charge on any atom is -0.497 e. The molecule has 28 heavy (non-hydrogen) atoms. The number of alkyl carbamates (subject to hydrolysis) is 1. The van der Waals surface area contributed by atoms with Crippen LogP contribution in [0.3, 0.4) is 0 Å². The van der Waals surface area contributed by atoms with Crippen molar-refractivity contribution in [3.63, 3.8) is 0 Å². The zero-order valence-corrected chi connectivity index (χ0v) is 17.0. The first kappa shape index (κ1) is 23.1. The summed E-state index contributed by atoms with van der Waals surface area (Å²) >= 11 is 0. The molecule has 1 aromatic carbocycles. The Balaban J connectivity index is 2.28. The molecule has 0 unspecified atom stereocenters. The third kappa shape index (κ3) is 9.11. The van der Waals surface area contributed by atoms with E-state index in [9.17, 15) is 14.4 Å². The molecule has 0 fully saturated rings. The Hall–Kier alpha value is -2.97. The third-order valence-electron chi connectivity index (χ3n) is 3.37. The molecule has 0 spiro atoms. The zero-order valence-electron chi connectivity index (χ0n) is 17.0. The number of nitrogens with one attached hydrogen (secondary N) is 3. The van der Waals surface area contributed by atoms with Crippen LogP contribution in [0, 0.1) is 0 Å². The van der Waals surface area contributed by atoms with Gasteiger partial charge in [0.25, 0.3) is 5.91 Å². The average Bonchev–Trinajstić information content (AvgIpc) is 2.63. The molecule has 3 amide bonds. The first-order valence-corrected chi connectivity index (χ1v) is 8.89. The lowest BCUT2D eigenvalue weighted by Crippen LogP contribution is -2.37. The maximum atomic E-state index is 12.2. The summed E-state index contributed by atoms with van der Waals surface area (Å²) in [6.07, 6.45) is -0.457. The number of ether oxygens (including phenoxy) is 3. The van der Waals surface area contributed by atoms with Crippen molar-refractivity contribution in [1.82, 2.24) is 16.0 Å². The van der Waals surface area contributed by atoms with E-state index in [1.165, 1.54) is 14.2 Å². The Kier molecular flexibility index (Phi) is 9.07. The predicted octanol–water partition coefficient (Wildman–Crippen LogP) is 1.46. The smallest absolute Gasteiger partial charge is 0.407 e. The largest absolute Gasteiger partial charge is 0.497 e. The fourth-order valence-electron chi connectivity index (χ4n) is 2.10. The van der Waals surface area contributed by atoms with E-state index in [1.54, 1.807) is 39.0 Å². The summed E-state index contributed by atoms with van der Waals surface area (Å²) in [6, 6.07) is 4.86. The normalized spacial score (nSPS) is 10.6. The number of amides is 3. The van der Waals surface area contributed by atoms with Crippen molar-refractivity contribution in [3.8, 4) is 11.5 Å². The number of methoxy groups -OCH3 is 2. The number of carbonyl (C=O) groups is 3. The number of hydrogen-bond donors (Lipinski definition) is 3. The van der Waals surface area contributed by atoms with Crippen molar-refractivity contribution in [2.75, 3.05) is 33.9 Å². The van der Waals surface area contributed by atoms with Gasteiger partial charge in [-0.3, -0.25) is 9.59 Å². The van der Waals surface area contributed by atoms with Gasteiger partial charge in [0.15, 0.2) is 0 Å². The molecule has 0 heterocycles. The molecule has 0 radical (unpaired) electrons. The van der Waals surface area contributed by atoms with Gasteiger partial charge >= 0.3 is 6.09 Å². The summed E-state index contributed by atoms with van der Waals surface area (Å²) < 4.78 is 15.3. The molecular formula is C19H29N3O6. The molecule has 0 aliphatic carbocycles. The van der Waals surface area contributed by atoms with Gasteiger partial charge in [-0.05, 0) is 32.9 Å². The molecule has 1 rings (SSSR count). The van der Waals surface area contributed by atoms with E-state index >= 15 is 0 Å². The molecule has 0 aliphatic rings. The van der Waals surface area contributed by atoms with Gasteiger partial charge in [0.2, 0.25) is 5.91 Å². The summed E-state index contributed by atoms with van der Waals surface area (Å²) in [6.45, 7) is 5.96. The van der Waals surface area contributed by atoms with Crippen LogP contribution in [0.2, 0.25) is 0 Å². The van der Waals surface area contributed by atoms with E-state index < -0.39 is 11.7 Å². The topological polar surface area (TPSA) is 115 Å². The lowest BCUT2D eigenvalue weighted by molar-refractivity contribution is -0.120. The van der Waals surface area contributed by atoms with Crippen LogP contribution in [-0.2, 0) is 9.53 Å². The summed E-state index contributed by atoms with van der Waals surface area (Å²) in [5.41, 5.74) is -0.193. The molecule has 0 saturated heterocycles. The molecular weight excluding hydrogens is 366 g/mol. The maximum absolute atomic E-state index is 12.2. The third-order valence-corrected chi connectivity index (χ3v) is 3.37. The minimum absolute atomic E-state index is 0.111. The Morgan fingerprint density at radius 1 is 0.857 bits per heavy atom. The average molecular weight is 395 g/mol. The molecule has 0 aromatic heterocycles. The summed E-state index contributed by atoms with van der Waals surface area (Å²) in [5, 5.41) is 7.87. The van der Waals surface area contributed by atoms with Gasteiger partial charge in [0.1, 0.15) is 17.1 Å². The van der Waals surface area contributed by atoms with Crippen LogP contribution in [0.25, 0.3) is 0 Å². The second-order valence-corrected chi connectivity index (χ2v) is 6.89. The highest BCUT2D eigenvalue weighted by Gasteiger charge is 2.16. The molecule has 0 atom stereocenters. The first-order chi connectivity index (χ1) is 13.1. The Morgan fingerprint density at radius 2 is 1.43 bits per heavy atom. The van der Waals surface area contributed by atoms with Gasteiger partial charge < -0.3 is 30.2 Å². The van der Waals surface area contributed by atoms with Gasteiger partial charge in [-0.15, -0.1) is 0 Å². The lowest BCUT2D eigenvalue weighted by Gasteiger charge is -2.19. The summed E-state index contributed by atoms with van der Waals surface area (Å²) in [7, 11) is 3.01. The predicted molar refractivity (Wildman–Crippen MR) is 104 cm³/mol. The van der Waals surface area contributed by atoms with E-state index in [0.29, 0.717) is 17.1 Å². The summed E-state index contributed by atoms with van der Waals surface area (Å²) in [4.78, 5) is 35.4. The van der Waals surface area contributed by atoms with Gasteiger partial charge in [-0.25, -0.2) is 4.79 Å². The van der Waals surface area contributed by atoms with Gasteiger partial charge in [0, 0.05) is 37.7 Å². The molecule has 9 nitrogen and oxygen atoms in total. The zero-order chi connectivity index (χ0) is 21.2. The van der Waals surface area contributed by atoms with Crippen LogP contribution in [0.5, 0.6) is 11.5 Å². The van der Waals surface area contributed by atoms with E-state index in [-0.39, 0.29) is 37.9 Å². The Morgan fingerprint density at radius 3 is 1.96 bits per heavy atom. The van der Waals surface area contributed by atoms with Crippen LogP contribution in [0.1, 0.15) is 37.6 Å². The van der Waals surface area contributed by atoms with Crippen molar-refractivity contribution >= 4 is 17.9 Å². The van der Waals surface area contributed by atoms with E-state index in [4.69, 9.17) is 14.2 Å². The molecule has 156 valence electrons. The maximum Gasteiger partial charge on any atom is 0.407 e.